The van der Waals surface area contributed by atoms with Crippen LogP contribution in [0.15, 0.2) is 109 Å². The van der Waals surface area contributed by atoms with Crippen LogP contribution in [0.25, 0.3) is 0 Å². The van der Waals surface area contributed by atoms with Gasteiger partial charge in [-0.05, 0) is 46.2 Å². The minimum absolute atomic E-state index is 0.0613. The van der Waals surface area contributed by atoms with Crippen molar-refractivity contribution in [1.29, 1.82) is 5.26 Å². The van der Waals surface area contributed by atoms with Gasteiger partial charge in [0.25, 0.3) is 0 Å². The highest BCUT2D eigenvalue weighted by Gasteiger charge is 2.47. The molecule has 4 atom stereocenters. The summed E-state index contributed by atoms with van der Waals surface area (Å²) < 4.78 is 0. The van der Waals surface area contributed by atoms with Gasteiger partial charge >= 0.3 is 0 Å². The Kier molecular flexibility index (Phi) is 10.8. The van der Waals surface area contributed by atoms with Gasteiger partial charge in [0, 0.05) is 25.2 Å². The fourth-order valence-electron chi connectivity index (χ4n) is 6.14. The van der Waals surface area contributed by atoms with Crippen LogP contribution in [0, 0.1) is 11.5 Å². The normalized spacial score (nSPS) is 22.7. The Bertz CT molecular complexity index is 1370. The smallest absolute Gasteiger partial charge is 0.178 e. The molecule has 0 saturated carbocycles. The fourth-order valence-corrected chi connectivity index (χ4v) is 6.14. The molecule has 5 N–H and O–H groups in total. The fraction of sp³-hybridized carbons (Fsp3) is 0.306. The molecule has 8 heteroatoms. The molecule has 1 aliphatic rings. The second-order valence-electron chi connectivity index (χ2n) is 11.4. The van der Waals surface area contributed by atoms with E-state index in [1.807, 2.05) is 109 Å². The van der Waals surface area contributed by atoms with Crippen molar-refractivity contribution in [3.63, 3.8) is 0 Å². The largest absolute Gasteiger partial charge is 0.392 e. The topological polar surface area (TPSA) is 123 Å². The second-order valence-corrected chi connectivity index (χ2v) is 11.4. The molecule has 44 heavy (non-hydrogen) atoms. The van der Waals surface area contributed by atoms with Gasteiger partial charge in [0.2, 0.25) is 0 Å². The van der Waals surface area contributed by atoms with E-state index in [4.69, 9.17) is 0 Å². The lowest BCUT2D eigenvalue weighted by Gasteiger charge is -2.42. The number of rotatable bonds is 11. The number of hydrogen-bond acceptors (Lipinski definition) is 8. The molecule has 4 aromatic rings. The van der Waals surface area contributed by atoms with Crippen LogP contribution in [0.3, 0.4) is 0 Å². The first kappa shape index (κ1) is 31.4. The molecule has 1 fully saturated rings. The molecule has 0 radical (unpaired) electrons. The van der Waals surface area contributed by atoms with Gasteiger partial charge in [-0.15, -0.1) is 0 Å². The number of nitrogens with zero attached hydrogens (tertiary/aromatic N) is 3. The predicted octanol–water partition coefficient (Wildman–Crippen LogP) is 3.29. The van der Waals surface area contributed by atoms with Gasteiger partial charge < -0.3 is 20.4 Å². The standard InChI is InChI=1S/C36H40N4O4/c37-25-38-36-39(21-28-11-15-30(23-41)16-12-28)32(19-26-7-3-1-4-8-26)34(43)35(44)33(20-27-9-5-2-6-10-27)40(36)22-29-13-17-31(24-42)18-14-29/h1-18,32-36,38,41-44H,19-24H2/t32-,33-,34+,35+/m1/s1. The van der Waals surface area contributed by atoms with E-state index in [2.05, 4.69) is 21.3 Å². The molecule has 0 bridgehead atoms. The summed E-state index contributed by atoms with van der Waals surface area (Å²) in [6, 6.07) is 33.9. The van der Waals surface area contributed by atoms with E-state index in [1.165, 1.54) is 0 Å². The van der Waals surface area contributed by atoms with Crippen LogP contribution >= 0.6 is 0 Å². The number of aliphatic hydroxyl groups is 4. The summed E-state index contributed by atoms with van der Waals surface area (Å²) in [5.41, 5.74) is 5.49. The Morgan fingerprint density at radius 2 is 0.909 bits per heavy atom. The molecule has 8 nitrogen and oxygen atoms in total. The number of aliphatic hydroxyl groups excluding tert-OH is 4. The number of hydrogen-bond donors (Lipinski definition) is 5. The van der Waals surface area contributed by atoms with E-state index < -0.39 is 30.6 Å². The monoisotopic (exact) mass is 592 g/mol. The maximum atomic E-state index is 12.0. The van der Waals surface area contributed by atoms with Crippen molar-refractivity contribution in [2.75, 3.05) is 0 Å². The zero-order valence-electron chi connectivity index (χ0n) is 24.7. The molecule has 0 aromatic heterocycles. The summed E-state index contributed by atoms with van der Waals surface area (Å²) in [4.78, 5) is 4.15. The Hall–Kier alpha value is -4.07. The minimum atomic E-state index is -1.13. The van der Waals surface area contributed by atoms with E-state index in [1.54, 1.807) is 0 Å². The highest BCUT2D eigenvalue weighted by molar-refractivity contribution is 5.25. The molecular weight excluding hydrogens is 552 g/mol. The number of nitrogens with one attached hydrogen (secondary N) is 1. The van der Waals surface area contributed by atoms with Gasteiger partial charge in [-0.1, -0.05) is 109 Å². The summed E-state index contributed by atoms with van der Waals surface area (Å²) >= 11 is 0. The van der Waals surface area contributed by atoms with Crippen molar-refractivity contribution in [3.8, 4) is 6.19 Å². The second kappa shape index (κ2) is 15.1. The molecule has 5 rings (SSSR count). The Morgan fingerprint density at radius 3 is 1.25 bits per heavy atom. The molecule has 1 heterocycles. The third-order valence-corrected chi connectivity index (χ3v) is 8.53. The van der Waals surface area contributed by atoms with E-state index in [0.29, 0.717) is 25.9 Å². The Balaban J connectivity index is 1.62. The molecule has 1 saturated heterocycles. The summed E-state index contributed by atoms with van der Waals surface area (Å²) in [7, 11) is 0. The quantitative estimate of drug-likeness (QED) is 0.133. The van der Waals surface area contributed by atoms with E-state index in [-0.39, 0.29) is 13.2 Å². The Labute approximate surface area is 259 Å². The van der Waals surface area contributed by atoms with Crippen molar-refractivity contribution in [3.05, 3.63) is 143 Å². The predicted molar refractivity (Wildman–Crippen MR) is 168 cm³/mol. The third kappa shape index (κ3) is 7.52. The van der Waals surface area contributed by atoms with Crippen molar-refractivity contribution >= 4 is 0 Å². The van der Waals surface area contributed by atoms with Crippen LogP contribution in [0.4, 0.5) is 0 Å². The summed E-state index contributed by atoms with van der Waals surface area (Å²) in [5, 5.41) is 56.3. The third-order valence-electron chi connectivity index (χ3n) is 8.53. The highest BCUT2D eigenvalue weighted by atomic mass is 16.3. The number of nitriles is 1. The zero-order chi connectivity index (χ0) is 30.9. The van der Waals surface area contributed by atoms with Gasteiger partial charge in [0.15, 0.2) is 6.19 Å². The summed E-state index contributed by atoms with van der Waals surface area (Å²) in [6.07, 6.45) is 0.130. The van der Waals surface area contributed by atoms with Crippen LogP contribution in [0.2, 0.25) is 0 Å². The lowest BCUT2D eigenvalue weighted by Crippen LogP contribution is -2.60. The summed E-state index contributed by atoms with van der Waals surface area (Å²) in [5.74, 6) is 0. The zero-order valence-corrected chi connectivity index (χ0v) is 24.7. The maximum Gasteiger partial charge on any atom is 0.178 e. The molecule has 228 valence electrons. The van der Waals surface area contributed by atoms with E-state index in [0.717, 1.165) is 33.4 Å². The van der Waals surface area contributed by atoms with Crippen molar-refractivity contribution in [1.82, 2.24) is 15.1 Å². The van der Waals surface area contributed by atoms with Gasteiger partial charge in [-0.3, -0.25) is 15.1 Å². The van der Waals surface area contributed by atoms with E-state index in [9.17, 15) is 25.7 Å². The first-order valence-electron chi connectivity index (χ1n) is 15.0. The first-order valence-corrected chi connectivity index (χ1v) is 15.0. The van der Waals surface area contributed by atoms with Gasteiger partial charge in [-0.25, -0.2) is 0 Å². The molecular formula is C36H40N4O4. The minimum Gasteiger partial charge on any atom is -0.392 e. The SMILES string of the molecule is N#CNC1N(Cc2ccc(CO)cc2)[C@H](Cc2ccccc2)[C@H](O)[C@@H](O)[C@@H](Cc2ccccc2)N1Cc1ccc(CO)cc1. The molecule has 0 unspecified atom stereocenters. The first-order chi connectivity index (χ1) is 21.5. The lowest BCUT2D eigenvalue weighted by atomic mass is 9.91. The molecule has 1 aliphatic heterocycles. The van der Waals surface area contributed by atoms with Crippen LogP contribution in [0.5, 0.6) is 0 Å². The molecule has 0 spiro atoms. The summed E-state index contributed by atoms with van der Waals surface area (Å²) in [6.45, 7) is 0.636. The maximum absolute atomic E-state index is 12.0. The number of benzene rings is 4. The average molecular weight is 593 g/mol. The molecule has 0 aliphatic carbocycles. The van der Waals surface area contributed by atoms with Gasteiger partial charge in [0.05, 0.1) is 25.4 Å². The van der Waals surface area contributed by atoms with Crippen LogP contribution in [-0.2, 0) is 39.1 Å². The van der Waals surface area contributed by atoms with Crippen LogP contribution < -0.4 is 5.32 Å². The highest BCUT2D eigenvalue weighted by Crippen LogP contribution is 2.31. The average Bonchev–Trinajstić information content (AvgIpc) is 3.13. The Morgan fingerprint density at radius 1 is 0.545 bits per heavy atom. The molecule has 4 aromatic carbocycles. The van der Waals surface area contributed by atoms with Crippen LogP contribution in [-0.4, -0.2) is 60.8 Å². The van der Waals surface area contributed by atoms with Gasteiger partial charge in [-0.2, -0.15) is 5.26 Å². The lowest BCUT2D eigenvalue weighted by molar-refractivity contribution is -0.0408. The van der Waals surface area contributed by atoms with Gasteiger partial charge in [0.1, 0.15) is 6.29 Å². The van der Waals surface area contributed by atoms with Crippen molar-refractivity contribution in [2.24, 2.45) is 0 Å². The van der Waals surface area contributed by atoms with Crippen molar-refractivity contribution in [2.45, 2.75) is 69.7 Å². The van der Waals surface area contributed by atoms with Crippen molar-refractivity contribution < 1.29 is 20.4 Å². The van der Waals surface area contributed by atoms with Crippen LogP contribution in [0.1, 0.15) is 33.4 Å². The molecule has 0 amide bonds. The van der Waals surface area contributed by atoms with E-state index >= 15 is 0 Å².